The molecule has 1 atom stereocenters. The minimum atomic E-state index is -1.28. The number of cyclic esters (lactones) is 1. The number of nitrogens with one attached hydrogen (secondary N) is 1. The molecule has 13 heteroatoms. The fourth-order valence-corrected chi connectivity index (χ4v) is 4.26. The third-order valence-electron chi connectivity index (χ3n) is 5.46. The summed E-state index contributed by atoms with van der Waals surface area (Å²) in [6.45, 7) is 14.7. The summed E-state index contributed by atoms with van der Waals surface area (Å²) in [5.74, 6) is 0.325. The number of fused-ring (bicyclic) bond motifs is 1. The van der Waals surface area contributed by atoms with Gasteiger partial charge in [0.05, 0.1) is 12.7 Å². The number of nitrogens with zero attached hydrogens (tertiary/aromatic N) is 4. The number of hydrogen-bond donors (Lipinski definition) is 1. The van der Waals surface area contributed by atoms with E-state index in [9.17, 15) is 14.4 Å². The number of hydrogen-bond acceptors (Lipinski definition) is 9. The molecule has 200 valence electrons. The third-order valence-corrected chi connectivity index (χ3v) is 7.16. The highest BCUT2D eigenvalue weighted by Crippen LogP contribution is 2.33. The maximum absolute atomic E-state index is 12.7. The molecule has 1 fully saturated rings. The van der Waals surface area contributed by atoms with E-state index < -0.39 is 31.5 Å². The Kier molecular flexibility index (Phi) is 8.13. The lowest BCUT2D eigenvalue weighted by molar-refractivity contribution is -0.122. The second-order valence-corrected chi connectivity index (χ2v) is 17.0. The molecule has 1 saturated heterocycles. The molecule has 0 aromatic carbocycles. The van der Waals surface area contributed by atoms with Crippen LogP contribution >= 0.6 is 0 Å². The molecule has 1 N–H and O–H groups in total. The molecular formula is C23H37N5O7Si. The van der Waals surface area contributed by atoms with Gasteiger partial charge in [-0.1, -0.05) is 19.6 Å². The van der Waals surface area contributed by atoms with Gasteiger partial charge in [0.15, 0.2) is 12.4 Å². The van der Waals surface area contributed by atoms with E-state index in [0.717, 1.165) is 6.04 Å². The predicted octanol–water partition coefficient (Wildman–Crippen LogP) is 3.14. The number of ether oxygens (including phenoxy) is 4. The first-order valence-corrected chi connectivity index (χ1v) is 15.7. The van der Waals surface area contributed by atoms with Crippen molar-refractivity contribution in [3.05, 3.63) is 6.20 Å². The Balaban J connectivity index is 1.65. The van der Waals surface area contributed by atoms with Gasteiger partial charge in [-0.25, -0.2) is 19.6 Å². The summed E-state index contributed by atoms with van der Waals surface area (Å²) >= 11 is 0. The summed E-state index contributed by atoms with van der Waals surface area (Å²) in [7, 11) is -1.28. The van der Waals surface area contributed by atoms with Crippen molar-refractivity contribution in [3.8, 4) is 5.88 Å². The highest BCUT2D eigenvalue weighted by atomic mass is 28.3. The van der Waals surface area contributed by atoms with Crippen LogP contribution in [0.4, 0.5) is 21.2 Å². The minimum Gasteiger partial charge on any atom is -0.465 e. The lowest BCUT2D eigenvalue weighted by Crippen LogP contribution is -2.42. The molecule has 1 aromatic heterocycles. The van der Waals surface area contributed by atoms with E-state index in [-0.39, 0.29) is 49.9 Å². The molecule has 0 radical (unpaired) electrons. The number of amides is 3. The molecule has 1 unspecified atom stereocenters. The van der Waals surface area contributed by atoms with Crippen molar-refractivity contribution in [2.24, 2.45) is 0 Å². The van der Waals surface area contributed by atoms with Crippen LogP contribution in [0.5, 0.6) is 5.88 Å². The van der Waals surface area contributed by atoms with Gasteiger partial charge >= 0.3 is 12.2 Å². The number of alkyl carbamates (subject to hydrolysis) is 1. The highest BCUT2D eigenvalue weighted by Gasteiger charge is 2.43. The van der Waals surface area contributed by atoms with Crippen LogP contribution in [0.1, 0.15) is 34.1 Å². The van der Waals surface area contributed by atoms with Crippen LogP contribution in [0, 0.1) is 0 Å². The van der Waals surface area contributed by atoms with Crippen molar-refractivity contribution in [1.29, 1.82) is 0 Å². The third kappa shape index (κ3) is 7.53. The largest absolute Gasteiger partial charge is 0.465 e. The van der Waals surface area contributed by atoms with Gasteiger partial charge in [-0.2, -0.15) is 0 Å². The standard InChI is InChI=1S/C23H37N5O7Si/c1-22(2,3)34-20(30)24-9-8-23(4)14-27(21(31)35-23)16-12-25-19-18(26-16)28(17(29)13-33-19)15-32-10-11-36(5,6)7/h12H,8-11,13-15H2,1-7H3,(H,24,30). The molecule has 36 heavy (non-hydrogen) atoms. The molecule has 0 saturated carbocycles. The summed E-state index contributed by atoms with van der Waals surface area (Å²) in [6.07, 6.45) is 0.644. The molecule has 3 amide bonds. The summed E-state index contributed by atoms with van der Waals surface area (Å²) in [4.78, 5) is 48.6. The minimum absolute atomic E-state index is 0.0241. The molecule has 12 nitrogen and oxygen atoms in total. The van der Waals surface area contributed by atoms with Crippen molar-refractivity contribution in [1.82, 2.24) is 15.3 Å². The van der Waals surface area contributed by atoms with Gasteiger partial charge < -0.3 is 24.3 Å². The van der Waals surface area contributed by atoms with E-state index in [1.54, 1.807) is 27.7 Å². The SMILES string of the molecule is CC(C)(C)OC(=O)NCCC1(C)CN(c2cnc3c(n2)N(COCC[Si](C)(C)C)C(=O)CO3)C(=O)O1. The van der Waals surface area contributed by atoms with Crippen molar-refractivity contribution in [2.45, 2.75) is 71.0 Å². The van der Waals surface area contributed by atoms with Gasteiger partial charge in [0.25, 0.3) is 11.8 Å². The van der Waals surface area contributed by atoms with Gasteiger partial charge in [-0.05, 0) is 33.7 Å². The fraction of sp³-hybridized carbons (Fsp3) is 0.696. The summed E-state index contributed by atoms with van der Waals surface area (Å²) in [6, 6.07) is 0.963. The van der Waals surface area contributed by atoms with E-state index in [0.29, 0.717) is 13.0 Å². The topological polar surface area (TPSA) is 132 Å². The van der Waals surface area contributed by atoms with Crippen LogP contribution in [0.15, 0.2) is 6.20 Å². The number of aromatic nitrogens is 2. The molecule has 0 spiro atoms. The average molecular weight is 524 g/mol. The summed E-state index contributed by atoms with van der Waals surface area (Å²) in [5, 5.41) is 2.67. The molecule has 3 rings (SSSR count). The van der Waals surface area contributed by atoms with Crippen molar-refractivity contribution in [3.63, 3.8) is 0 Å². The number of anilines is 2. The van der Waals surface area contributed by atoms with Gasteiger partial charge in [-0.15, -0.1) is 0 Å². The van der Waals surface area contributed by atoms with Gasteiger partial charge in [0.1, 0.15) is 17.9 Å². The van der Waals surface area contributed by atoms with Crippen molar-refractivity contribution in [2.75, 3.05) is 42.8 Å². The Labute approximate surface area is 212 Å². The van der Waals surface area contributed by atoms with E-state index in [4.69, 9.17) is 18.9 Å². The highest BCUT2D eigenvalue weighted by molar-refractivity contribution is 6.76. The molecule has 0 aliphatic carbocycles. The molecule has 0 bridgehead atoms. The van der Waals surface area contributed by atoms with Gasteiger partial charge in [0, 0.05) is 27.6 Å². The zero-order valence-corrected chi connectivity index (χ0v) is 23.2. The normalized spacial score (nSPS) is 20.1. The summed E-state index contributed by atoms with van der Waals surface area (Å²) < 4.78 is 22.0. The van der Waals surface area contributed by atoms with Crippen LogP contribution in [0.3, 0.4) is 0 Å². The van der Waals surface area contributed by atoms with E-state index in [1.807, 2.05) is 0 Å². The summed E-state index contributed by atoms with van der Waals surface area (Å²) in [5.41, 5.74) is -1.47. The number of carbonyl (C=O) groups excluding carboxylic acids is 3. The van der Waals surface area contributed by atoms with Gasteiger partial charge in [-0.3, -0.25) is 14.6 Å². The molecule has 2 aliphatic heterocycles. The van der Waals surface area contributed by atoms with Crippen LogP contribution < -0.4 is 19.9 Å². The van der Waals surface area contributed by atoms with Crippen LogP contribution in [0.2, 0.25) is 25.7 Å². The molecular weight excluding hydrogens is 486 g/mol. The second kappa shape index (κ2) is 10.6. The maximum Gasteiger partial charge on any atom is 0.416 e. The van der Waals surface area contributed by atoms with Gasteiger partial charge in [0.2, 0.25) is 5.82 Å². The Morgan fingerprint density at radius 1 is 1.28 bits per heavy atom. The van der Waals surface area contributed by atoms with E-state index >= 15 is 0 Å². The Morgan fingerprint density at radius 3 is 2.67 bits per heavy atom. The molecule has 3 heterocycles. The second-order valence-electron chi connectivity index (χ2n) is 11.4. The smallest absolute Gasteiger partial charge is 0.416 e. The Bertz CT molecular complexity index is 994. The first-order chi connectivity index (χ1) is 16.7. The lowest BCUT2D eigenvalue weighted by Gasteiger charge is -2.28. The fourth-order valence-electron chi connectivity index (χ4n) is 3.51. The lowest BCUT2D eigenvalue weighted by atomic mass is 10.0. The van der Waals surface area contributed by atoms with E-state index in [2.05, 4.69) is 34.9 Å². The quantitative estimate of drug-likeness (QED) is 0.383. The van der Waals surface area contributed by atoms with Crippen molar-refractivity contribution >= 4 is 37.8 Å². The number of carbonyl (C=O) groups is 3. The zero-order valence-electron chi connectivity index (χ0n) is 22.2. The first kappa shape index (κ1) is 27.7. The average Bonchev–Trinajstić information content (AvgIpc) is 3.04. The monoisotopic (exact) mass is 523 g/mol. The van der Waals surface area contributed by atoms with Crippen LogP contribution in [-0.4, -0.2) is 80.4 Å². The zero-order chi connectivity index (χ0) is 26.7. The maximum atomic E-state index is 12.7. The molecule has 1 aromatic rings. The Hall–Kier alpha value is -2.93. The van der Waals surface area contributed by atoms with Crippen LogP contribution in [-0.2, 0) is 19.0 Å². The Morgan fingerprint density at radius 2 is 2.00 bits per heavy atom. The molecule has 2 aliphatic rings. The number of rotatable bonds is 9. The van der Waals surface area contributed by atoms with Crippen LogP contribution in [0.25, 0.3) is 0 Å². The van der Waals surface area contributed by atoms with Crippen molar-refractivity contribution < 1.29 is 33.3 Å². The van der Waals surface area contributed by atoms with E-state index in [1.165, 1.54) is 16.0 Å². The first-order valence-electron chi connectivity index (χ1n) is 12.0. The predicted molar refractivity (Wildman–Crippen MR) is 135 cm³/mol.